The van der Waals surface area contributed by atoms with E-state index in [0.29, 0.717) is 22.0 Å². The van der Waals surface area contributed by atoms with E-state index in [4.69, 9.17) is 26.8 Å². The molecule has 3 N–H and O–H groups in total. The molecule has 1 amide bonds. The van der Waals surface area contributed by atoms with E-state index in [1.807, 2.05) is 0 Å². The highest BCUT2D eigenvalue weighted by molar-refractivity contribution is 6.31. The van der Waals surface area contributed by atoms with Crippen LogP contribution in [0.1, 0.15) is 10.4 Å². The van der Waals surface area contributed by atoms with Crippen molar-refractivity contribution in [2.45, 2.75) is 0 Å². The first kappa shape index (κ1) is 16.8. The molecular weight excluding hydrogens is 320 g/mol. The molecule has 7 heteroatoms. The monoisotopic (exact) mass is 334 g/mol. The third-order valence-corrected chi connectivity index (χ3v) is 3.21. The predicted octanol–water partition coefficient (Wildman–Crippen LogP) is 3.10. The second kappa shape index (κ2) is 7.62. The van der Waals surface area contributed by atoms with Gasteiger partial charge in [0.25, 0.3) is 0 Å². The molecule has 0 heterocycles. The maximum Gasteiger partial charge on any atom is 0.417 e. The van der Waals surface area contributed by atoms with E-state index >= 15 is 0 Å². The van der Waals surface area contributed by atoms with E-state index in [2.05, 4.69) is 5.32 Å². The minimum Gasteiger partial charge on any atom is -0.495 e. The second-order valence-corrected chi connectivity index (χ2v) is 4.95. The molecular formula is C16H15ClN2O4. The Morgan fingerprint density at radius 3 is 2.48 bits per heavy atom. The SMILES string of the molecule is COc1ccc(Cl)cc1NC(=O)Oc1ccc(C(=O)CN)cc1. The first-order valence-corrected chi connectivity index (χ1v) is 7.07. The van der Waals surface area contributed by atoms with Crippen LogP contribution in [0.4, 0.5) is 10.5 Å². The Labute approximate surface area is 138 Å². The molecule has 23 heavy (non-hydrogen) atoms. The molecule has 0 spiro atoms. The number of rotatable bonds is 5. The molecule has 2 aromatic carbocycles. The zero-order chi connectivity index (χ0) is 16.8. The highest BCUT2D eigenvalue weighted by Crippen LogP contribution is 2.27. The molecule has 0 aliphatic rings. The van der Waals surface area contributed by atoms with Gasteiger partial charge in [-0.05, 0) is 42.5 Å². The Kier molecular flexibility index (Phi) is 5.56. The summed E-state index contributed by atoms with van der Waals surface area (Å²) in [5, 5.41) is 2.99. The average molecular weight is 335 g/mol. The fourth-order valence-corrected chi connectivity index (χ4v) is 2.02. The zero-order valence-electron chi connectivity index (χ0n) is 12.3. The van der Waals surface area contributed by atoms with Crippen LogP contribution in [0, 0.1) is 0 Å². The highest BCUT2D eigenvalue weighted by atomic mass is 35.5. The molecule has 0 saturated heterocycles. The Morgan fingerprint density at radius 2 is 1.87 bits per heavy atom. The van der Waals surface area contributed by atoms with Crippen molar-refractivity contribution in [2.75, 3.05) is 19.0 Å². The lowest BCUT2D eigenvalue weighted by atomic mass is 10.1. The van der Waals surface area contributed by atoms with Crippen molar-refractivity contribution >= 4 is 29.2 Å². The van der Waals surface area contributed by atoms with Crippen molar-refractivity contribution in [2.24, 2.45) is 5.73 Å². The Balaban J connectivity index is 2.05. The number of Topliss-reactive ketones (excluding diaryl/α,β-unsaturated/α-hetero) is 1. The van der Waals surface area contributed by atoms with Crippen LogP contribution in [0.5, 0.6) is 11.5 Å². The number of hydrogen-bond acceptors (Lipinski definition) is 5. The maximum atomic E-state index is 11.9. The van der Waals surface area contributed by atoms with Crippen LogP contribution in [-0.4, -0.2) is 25.5 Å². The summed E-state index contributed by atoms with van der Waals surface area (Å²) >= 11 is 5.89. The number of halogens is 1. The van der Waals surface area contributed by atoms with Crippen molar-refractivity contribution in [3.05, 3.63) is 53.1 Å². The van der Waals surface area contributed by atoms with E-state index < -0.39 is 6.09 Å². The standard InChI is InChI=1S/C16H15ClN2O4/c1-22-15-7-4-11(17)8-13(15)19-16(21)23-12-5-2-10(3-6-12)14(20)9-18/h2-8H,9,18H2,1H3,(H,19,21). The van der Waals surface area contributed by atoms with Crippen LogP contribution in [0.25, 0.3) is 0 Å². The smallest absolute Gasteiger partial charge is 0.417 e. The molecule has 2 rings (SSSR count). The third-order valence-electron chi connectivity index (χ3n) is 2.97. The Morgan fingerprint density at radius 1 is 1.17 bits per heavy atom. The number of nitrogens with two attached hydrogens (primary N) is 1. The molecule has 0 radical (unpaired) electrons. The van der Waals surface area contributed by atoms with E-state index in [1.54, 1.807) is 18.2 Å². The van der Waals surface area contributed by atoms with Crippen molar-refractivity contribution in [3.63, 3.8) is 0 Å². The molecule has 6 nitrogen and oxygen atoms in total. The number of ketones is 1. The first-order valence-electron chi connectivity index (χ1n) is 6.69. The molecule has 0 aliphatic heterocycles. The highest BCUT2D eigenvalue weighted by Gasteiger charge is 2.11. The van der Waals surface area contributed by atoms with Crippen LogP contribution in [0.15, 0.2) is 42.5 Å². The van der Waals surface area contributed by atoms with Gasteiger partial charge in [0.15, 0.2) is 5.78 Å². The van der Waals surface area contributed by atoms with Gasteiger partial charge in [0, 0.05) is 10.6 Å². The molecule has 0 unspecified atom stereocenters. The summed E-state index contributed by atoms with van der Waals surface area (Å²) in [6.45, 7) is -0.0742. The molecule has 0 atom stereocenters. The van der Waals surface area contributed by atoms with E-state index in [-0.39, 0.29) is 18.1 Å². The lowest BCUT2D eigenvalue weighted by Gasteiger charge is -2.11. The van der Waals surface area contributed by atoms with Crippen molar-refractivity contribution in [1.82, 2.24) is 0 Å². The van der Waals surface area contributed by atoms with Crippen LogP contribution in [-0.2, 0) is 0 Å². The molecule has 0 aromatic heterocycles. The summed E-state index contributed by atoms with van der Waals surface area (Å²) in [5.41, 5.74) is 6.12. The van der Waals surface area contributed by atoms with Crippen LogP contribution in [0.3, 0.4) is 0 Å². The molecule has 2 aromatic rings. The molecule has 0 bridgehead atoms. The maximum absolute atomic E-state index is 11.9. The second-order valence-electron chi connectivity index (χ2n) is 4.51. The van der Waals surface area contributed by atoms with Gasteiger partial charge in [-0.25, -0.2) is 4.79 Å². The van der Waals surface area contributed by atoms with Gasteiger partial charge in [-0.15, -0.1) is 0 Å². The average Bonchev–Trinajstić information content (AvgIpc) is 2.55. The van der Waals surface area contributed by atoms with Crippen LogP contribution in [0.2, 0.25) is 5.02 Å². The summed E-state index contributed by atoms with van der Waals surface area (Å²) in [5.74, 6) is 0.553. The van der Waals surface area contributed by atoms with Gasteiger partial charge in [-0.2, -0.15) is 0 Å². The number of nitrogens with one attached hydrogen (secondary N) is 1. The van der Waals surface area contributed by atoms with Gasteiger partial charge in [0.1, 0.15) is 11.5 Å². The number of ether oxygens (including phenoxy) is 2. The van der Waals surface area contributed by atoms with Crippen molar-refractivity contribution < 1.29 is 19.1 Å². The lowest BCUT2D eigenvalue weighted by Crippen LogP contribution is -2.17. The number of hydrogen-bond donors (Lipinski definition) is 2. The summed E-state index contributed by atoms with van der Waals surface area (Å²) in [4.78, 5) is 23.3. The summed E-state index contributed by atoms with van der Waals surface area (Å²) in [6, 6.07) is 10.9. The van der Waals surface area contributed by atoms with Crippen molar-refractivity contribution in [3.8, 4) is 11.5 Å². The van der Waals surface area contributed by atoms with Crippen molar-refractivity contribution in [1.29, 1.82) is 0 Å². The normalized spacial score (nSPS) is 10.0. The largest absolute Gasteiger partial charge is 0.495 e. The van der Waals surface area contributed by atoms with Crippen LogP contribution < -0.4 is 20.5 Å². The number of carbonyl (C=O) groups is 2. The Hall–Kier alpha value is -2.57. The molecule has 0 saturated carbocycles. The molecule has 120 valence electrons. The number of amides is 1. The molecule has 0 fully saturated rings. The van der Waals surface area contributed by atoms with Gasteiger partial charge in [0.05, 0.1) is 19.3 Å². The summed E-state index contributed by atoms with van der Waals surface area (Å²) in [6.07, 6.45) is -0.705. The summed E-state index contributed by atoms with van der Waals surface area (Å²) < 4.78 is 10.3. The summed E-state index contributed by atoms with van der Waals surface area (Å²) in [7, 11) is 1.48. The minimum absolute atomic E-state index is 0.0742. The number of carbonyl (C=O) groups excluding carboxylic acids is 2. The topological polar surface area (TPSA) is 90.6 Å². The number of benzene rings is 2. The van der Waals surface area contributed by atoms with Gasteiger partial charge < -0.3 is 15.2 Å². The predicted molar refractivity (Wildman–Crippen MR) is 87.5 cm³/mol. The van der Waals surface area contributed by atoms with Crippen LogP contribution >= 0.6 is 11.6 Å². The lowest BCUT2D eigenvalue weighted by molar-refractivity contribution is 0.100. The van der Waals surface area contributed by atoms with E-state index in [1.165, 1.54) is 31.4 Å². The van der Waals surface area contributed by atoms with Gasteiger partial charge >= 0.3 is 6.09 Å². The zero-order valence-corrected chi connectivity index (χ0v) is 13.1. The van der Waals surface area contributed by atoms with Gasteiger partial charge in [-0.1, -0.05) is 11.6 Å². The number of anilines is 1. The molecule has 0 aliphatic carbocycles. The quantitative estimate of drug-likeness (QED) is 0.820. The minimum atomic E-state index is -0.705. The van der Waals surface area contributed by atoms with E-state index in [9.17, 15) is 9.59 Å². The fourth-order valence-electron chi connectivity index (χ4n) is 1.85. The number of methoxy groups -OCH3 is 1. The van der Waals surface area contributed by atoms with Gasteiger partial charge in [0.2, 0.25) is 0 Å². The fraction of sp³-hybridized carbons (Fsp3) is 0.125. The van der Waals surface area contributed by atoms with E-state index in [0.717, 1.165) is 0 Å². The Bertz CT molecular complexity index is 717. The third kappa shape index (κ3) is 4.45. The van der Waals surface area contributed by atoms with Gasteiger partial charge in [-0.3, -0.25) is 10.1 Å². The first-order chi connectivity index (χ1) is 11.0.